The minimum atomic E-state index is -4.72. The lowest BCUT2D eigenvalue weighted by Crippen LogP contribution is -2.37. The lowest BCUT2D eigenvalue weighted by Gasteiger charge is -2.15. The molecule has 1 saturated heterocycles. The minimum absolute atomic E-state index is 0.104. The molecule has 3 N–H and O–H groups in total. The average Bonchev–Trinajstić information content (AvgIpc) is 3.12. The number of carbonyl (C=O) groups excluding carboxylic acids is 2. The van der Waals surface area contributed by atoms with Crippen molar-refractivity contribution < 1.29 is 37.0 Å². The van der Waals surface area contributed by atoms with Crippen molar-refractivity contribution in [2.45, 2.75) is 56.7 Å². The van der Waals surface area contributed by atoms with Crippen LogP contribution in [0.4, 0.5) is 23.8 Å². The number of alkyl halides is 3. The number of ether oxygens (including phenoxy) is 3. The van der Waals surface area contributed by atoms with E-state index in [0.717, 1.165) is 12.8 Å². The van der Waals surface area contributed by atoms with Gasteiger partial charge in [-0.05, 0) is 25.8 Å². The van der Waals surface area contributed by atoms with Gasteiger partial charge in [-0.15, -0.1) is 13.2 Å². The van der Waals surface area contributed by atoms with Crippen LogP contribution in [0.5, 0.6) is 0 Å². The zero-order valence-corrected chi connectivity index (χ0v) is 18.6. The summed E-state index contributed by atoms with van der Waals surface area (Å²) in [5, 5.41) is 16.3. The molecule has 2 aromatic heterocycles. The molecule has 2 atom stereocenters. The Morgan fingerprint density at radius 1 is 1.35 bits per heavy atom. The second-order valence-corrected chi connectivity index (χ2v) is 8.62. The molecule has 14 heteroatoms. The number of aryl methyl sites for hydroxylation is 1. The Bertz CT molecular complexity index is 1050. The van der Waals surface area contributed by atoms with Crippen molar-refractivity contribution in [3.63, 3.8) is 0 Å². The normalized spacial score (nSPS) is 21.3. The molecule has 4 rings (SSSR count). The van der Waals surface area contributed by atoms with Gasteiger partial charge < -0.3 is 20.1 Å². The second kappa shape index (κ2) is 9.25. The second-order valence-electron chi connectivity index (χ2n) is 8.62. The first-order valence-electron chi connectivity index (χ1n) is 10.7. The fraction of sp³-hybridized carbons (Fsp3) is 0.600. The molecule has 2 aliphatic rings. The van der Waals surface area contributed by atoms with Gasteiger partial charge in [-0.2, -0.15) is 10.2 Å². The van der Waals surface area contributed by atoms with E-state index >= 15 is 0 Å². The number of aromatic nitrogens is 4. The number of H-pyrrole nitrogens is 1. The summed E-state index contributed by atoms with van der Waals surface area (Å²) in [5.41, 5.74) is 0.862. The summed E-state index contributed by atoms with van der Waals surface area (Å²) in [7, 11) is 1.51. The molecule has 0 bridgehead atoms. The summed E-state index contributed by atoms with van der Waals surface area (Å²) in [6.07, 6.45) is -3.78. The molecule has 0 unspecified atom stereocenters. The Labute approximate surface area is 192 Å². The number of halogens is 3. The number of hydrogen-bond acceptors (Lipinski definition) is 7. The third kappa shape index (κ3) is 6.26. The molecular formula is C20H25F3N6O5. The quantitative estimate of drug-likeness (QED) is 0.522. The third-order valence-corrected chi connectivity index (χ3v) is 5.61. The van der Waals surface area contributed by atoms with Gasteiger partial charge in [0.05, 0.1) is 24.6 Å². The van der Waals surface area contributed by atoms with Gasteiger partial charge >= 0.3 is 12.5 Å². The number of anilines is 1. The van der Waals surface area contributed by atoms with Crippen LogP contribution in [0.2, 0.25) is 0 Å². The van der Waals surface area contributed by atoms with E-state index in [1.165, 1.54) is 17.8 Å². The van der Waals surface area contributed by atoms with Gasteiger partial charge in [-0.3, -0.25) is 19.3 Å². The molecule has 2 aromatic rings. The van der Waals surface area contributed by atoms with Gasteiger partial charge in [0.25, 0.3) is 5.91 Å². The molecule has 186 valence electrons. The fourth-order valence-corrected chi connectivity index (χ4v) is 3.52. The standard InChI is InChI=1S/C20H25F3N6O5/c1-19(4-5-19)25-18(31)34-12-8-15(32-10-12)13-9-16(27-26-13)24-17(30)14-7-11(28-29(14)2)3-6-33-20(21,22)23/h7,9,12,15H,3-6,8,10H2,1-2H3,(H,25,31)(H2,24,26,27,30)/t12-,15-/m1/s1. The lowest BCUT2D eigenvalue weighted by atomic mass is 10.1. The van der Waals surface area contributed by atoms with Crippen molar-refractivity contribution >= 4 is 17.8 Å². The smallest absolute Gasteiger partial charge is 0.444 e. The van der Waals surface area contributed by atoms with E-state index in [4.69, 9.17) is 9.47 Å². The number of nitrogens with one attached hydrogen (secondary N) is 3. The van der Waals surface area contributed by atoms with Crippen molar-refractivity contribution in [1.29, 1.82) is 0 Å². The Hall–Kier alpha value is -3.13. The summed E-state index contributed by atoms with van der Waals surface area (Å²) >= 11 is 0. The number of nitrogens with zero attached hydrogens (tertiary/aromatic N) is 3. The largest absolute Gasteiger partial charge is 0.522 e. The van der Waals surface area contributed by atoms with Gasteiger partial charge in [-0.25, -0.2) is 4.79 Å². The van der Waals surface area contributed by atoms with E-state index in [1.807, 2.05) is 6.92 Å². The molecule has 1 aliphatic carbocycles. The van der Waals surface area contributed by atoms with E-state index < -0.39 is 31.1 Å². The van der Waals surface area contributed by atoms with Crippen molar-refractivity contribution in [3.05, 3.63) is 29.2 Å². The summed E-state index contributed by atoms with van der Waals surface area (Å²) in [5.74, 6) is -0.301. The van der Waals surface area contributed by atoms with Crippen LogP contribution >= 0.6 is 0 Å². The predicted molar refractivity (Wildman–Crippen MR) is 110 cm³/mol. The van der Waals surface area contributed by atoms with Crippen LogP contribution in [0.15, 0.2) is 12.1 Å². The van der Waals surface area contributed by atoms with Crippen LogP contribution in [-0.4, -0.2) is 63.2 Å². The molecule has 34 heavy (non-hydrogen) atoms. The Kier molecular flexibility index (Phi) is 6.53. The fourth-order valence-electron chi connectivity index (χ4n) is 3.52. The molecule has 3 heterocycles. The van der Waals surface area contributed by atoms with Crippen LogP contribution in [0.25, 0.3) is 0 Å². The molecule has 2 amide bonds. The van der Waals surface area contributed by atoms with E-state index in [9.17, 15) is 22.8 Å². The van der Waals surface area contributed by atoms with Crippen LogP contribution in [0.1, 0.15) is 54.2 Å². The van der Waals surface area contributed by atoms with E-state index in [1.54, 1.807) is 6.07 Å². The maximum atomic E-state index is 12.6. The van der Waals surface area contributed by atoms with E-state index in [2.05, 4.69) is 30.7 Å². The van der Waals surface area contributed by atoms with Crippen LogP contribution in [0.3, 0.4) is 0 Å². The molecule has 11 nitrogen and oxygen atoms in total. The average molecular weight is 486 g/mol. The highest BCUT2D eigenvalue weighted by Crippen LogP contribution is 2.35. The van der Waals surface area contributed by atoms with Gasteiger partial charge in [0.15, 0.2) is 5.82 Å². The Morgan fingerprint density at radius 3 is 2.82 bits per heavy atom. The monoisotopic (exact) mass is 486 g/mol. The van der Waals surface area contributed by atoms with Crippen molar-refractivity contribution in [2.75, 3.05) is 18.5 Å². The third-order valence-electron chi connectivity index (χ3n) is 5.61. The minimum Gasteiger partial charge on any atom is -0.444 e. The highest BCUT2D eigenvalue weighted by atomic mass is 19.4. The van der Waals surface area contributed by atoms with Gasteiger partial charge in [-0.1, -0.05) is 0 Å². The van der Waals surface area contributed by atoms with Crippen LogP contribution in [-0.2, 0) is 27.7 Å². The first kappa shape index (κ1) is 24.0. The van der Waals surface area contributed by atoms with Crippen molar-refractivity contribution in [3.8, 4) is 0 Å². The number of rotatable bonds is 8. The number of carbonyl (C=O) groups is 2. The Morgan fingerprint density at radius 2 is 2.12 bits per heavy atom. The zero-order chi connectivity index (χ0) is 24.5. The summed E-state index contributed by atoms with van der Waals surface area (Å²) in [6, 6.07) is 2.99. The first-order valence-corrected chi connectivity index (χ1v) is 10.7. The molecule has 0 aromatic carbocycles. The first-order chi connectivity index (χ1) is 16.0. The molecule has 1 saturated carbocycles. The number of amides is 2. The van der Waals surface area contributed by atoms with Crippen molar-refractivity contribution in [2.24, 2.45) is 7.05 Å². The van der Waals surface area contributed by atoms with E-state index in [-0.39, 0.29) is 41.9 Å². The summed E-state index contributed by atoms with van der Waals surface area (Å²) in [6.45, 7) is 1.60. The highest BCUT2D eigenvalue weighted by Gasteiger charge is 2.40. The Balaban J connectivity index is 1.27. The molecule has 1 aliphatic heterocycles. The molecular weight excluding hydrogens is 461 g/mol. The molecule has 0 spiro atoms. The predicted octanol–water partition coefficient (Wildman–Crippen LogP) is 2.58. The van der Waals surface area contributed by atoms with Crippen LogP contribution in [0, 0.1) is 0 Å². The highest BCUT2D eigenvalue weighted by molar-refractivity contribution is 6.02. The molecule has 0 radical (unpaired) electrons. The van der Waals surface area contributed by atoms with Gasteiger partial charge in [0.2, 0.25) is 0 Å². The number of hydrogen-bond donors (Lipinski definition) is 3. The SMILES string of the molecule is Cn1nc(CCOC(F)(F)F)cc1C(=O)Nc1cc([C@H]2C[C@@H](OC(=O)NC3(C)CC3)CO2)[nH]n1. The lowest BCUT2D eigenvalue weighted by molar-refractivity contribution is -0.324. The maximum absolute atomic E-state index is 12.6. The van der Waals surface area contributed by atoms with Crippen molar-refractivity contribution in [1.82, 2.24) is 25.3 Å². The number of aromatic amines is 1. The van der Waals surface area contributed by atoms with Crippen LogP contribution < -0.4 is 10.6 Å². The van der Waals surface area contributed by atoms with Gasteiger partial charge in [0.1, 0.15) is 17.9 Å². The summed E-state index contributed by atoms with van der Waals surface area (Å²) < 4.78 is 52.4. The number of alkyl carbamates (subject to hydrolysis) is 1. The van der Waals surface area contributed by atoms with Gasteiger partial charge in [0, 0.05) is 31.5 Å². The topological polar surface area (TPSA) is 132 Å². The zero-order valence-electron chi connectivity index (χ0n) is 18.6. The summed E-state index contributed by atoms with van der Waals surface area (Å²) in [4.78, 5) is 24.5. The molecule has 2 fully saturated rings. The van der Waals surface area contributed by atoms with E-state index in [0.29, 0.717) is 12.1 Å². The maximum Gasteiger partial charge on any atom is 0.522 e.